The topological polar surface area (TPSA) is 42.9 Å². The van der Waals surface area contributed by atoms with Crippen molar-refractivity contribution in [2.75, 3.05) is 46.3 Å². The zero-order valence-corrected chi connectivity index (χ0v) is 17.8. The Kier molecular flexibility index (Phi) is 8.07. The van der Waals surface area contributed by atoms with E-state index in [2.05, 4.69) is 34.4 Å². The number of halogens is 1. The average Bonchev–Trinajstić information content (AvgIpc) is 3.40. The Labute approximate surface area is 165 Å². The van der Waals surface area contributed by atoms with Gasteiger partial charge in [0.2, 0.25) is 0 Å². The first kappa shape index (κ1) is 20.2. The highest BCUT2D eigenvalue weighted by atomic mass is 127. The Morgan fingerprint density at radius 2 is 1.75 bits per heavy atom. The molecule has 2 N–H and O–H groups in total. The van der Waals surface area contributed by atoms with Gasteiger partial charge in [0.1, 0.15) is 0 Å². The summed E-state index contributed by atoms with van der Waals surface area (Å²) in [5, 5.41) is 7.00. The smallest absolute Gasteiger partial charge is 0.191 e. The van der Waals surface area contributed by atoms with E-state index in [0.29, 0.717) is 11.6 Å². The number of hydrogen-bond donors (Lipinski definition) is 2. The fraction of sp³-hybridized carbons (Fsp3) is 0.944. The van der Waals surface area contributed by atoms with Crippen LogP contribution >= 0.6 is 24.0 Å². The third kappa shape index (κ3) is 5.46. The van der Waals surface area contributed by atoms with Crippen molar-refractivity contribution in [1.82, 2.24) is 20.4 Å². The van der Waals surface area contributed by atoms with Gasteiger partial charge in [0.25, 0.3) is 0 Å². The minimum absolute atomic E-state index is 0. The van der Waals surface area contributed by atoms with Crippen molar-refractivity contribution in [1.29, 1.82) is 0 Å². The van der Waals surface area contributed by atoms with Crippen molar-refractivity contribution in [3.8, 4) is 0 Å². The number of likely N-dealkylation sites (tertiary alicyclic amines) is 2. The number of aliphatic imine (C=N–C) groups is 1. The third-order valence-corrected chi connectivity index (χ3v) is 5.74. The van der Waals surface area contributed by atoms with Crippen molar-refractivity contribution in [2.45, 2.75) is 63.5 Å². The molecule has 6 heteroatoms. The molecule has 0 radical (unpaired) electrons. The lowest BCUT2D eigenvalue weighted by Gasteiger charge is -2.49. The van der Waals surface area contributed by atoms with E-state index in [1.54, 1.807) is 0 Å². The maximum atomic E-state index is 5.02. The van der Waals surface area contributed by atoms with Gasteiger partial charge in [-0.15, -0.1) is 24.0 Å². The Morgan fingerprint density at radius 1 is 1.08 bits per heavy atom. The van der Waals surface area contributed by atoms with Crippen LogP contribution in [0, 0.1) is 0 Å². The highest BCUT2D eigenvalue weighted by molar-refractivity contribution is 14.0. The fourth-order valence-electron chi connectivity index (χ4n) is 3.94. The molecule has 0 amide bonds. The Hall–Kier alpha value is -0.0800. The zero-order chi connectivity index (χ0) is 16.1. The molecule has 1 saturated carbocycles. The van der Waals surface area contributed by atoms with Crippen LogP contribution < -0.4 is 10.6 Å². The summed E-state index contributed by atoms with van der Waals surface area (Å²) in [6.07, 6.45) is 9.25. The van der Waals surface area contributed by atoms with Crippen LogP contribution in [0.25, 0.3) is 0 Å². The molecule has 0 unspecified atom stereocenters. The van der Waals surface area contributed by atoms with Gasteiger partial charge < -0.3 is 15.5 Å². The van der Waals surface area contributed by atoms with Crippen LogP contribution in [0.2, 0.25) is 0 Å². The van der Waals surface area contributed by atoms with Crippen LogP contribution in [0.15, 0.2) is 4.99 Å². The standard InChI is InChI=1S/C18H35N5.HI/c1-3-19-17(21-16-7-8-16)20-15-18(9-13-22(2)14-10-18)23-11-5-4-6-12-23;/h16H,3-15H2,1-2H3,(H2,19,20,21);1H. The number of nitrogens with one attached hydrogen (secondary N) is 2. The SMILES string of the molecule is CCNC(=NCC1(N2CCCCC2)CCN(C)CC1)NC1CC1.I. The van der Waals surface area contributed by atoms with E-state index in [4.69, 9.17) is 4.99 Å². The van der Waals surface area contributed by atoms with Gasteiger partial charge in [0.05, 0.1) is 6.54 Å². The third-order valence-electron chi connectivity index (χ3n) is 5.74. The van der Waals surface area contributed by atoms with E-state index >= 15 is 0 Å². The average molecular weight is 449 g/mol. The highest BCUT2D eigenvalue weighted by Gasteiger charge is 2.39. The van der Waals surface area contributed by atoms with Gasteiger partial charge in [-0.1, -0.05) is 6.42 Å². The first-order valence-electron chi connectivity index (χ1n) is 9.70. The molecule has 0 bridgehead atoms. The maximum Gasteiger partial charge on any atom is 0.191 e. The number of nitrogens with zero attached hydrogens (tertiary/aromatic N) is 3. The van der Waals surface area contributed by atoms with Crippen LogP contribution in [0.3, 0.4) is 0 Å². The molecule has 3 rings (SSSR count). The summed E-state index contributed by atoms with van der Waals surface area (Å²) in [6.45, 7) is 9.00. The summed E-state index contributed by atoms with van der Waals surface area (Å²) in [5.74, 6) is 1.03. The van der Waals surface area contributed by atoms with Crippen molar-refractivity contribution in [3.05, 3.63) is 0 Å². The Bertz CT molecular complexity index is 396. The molecular formula is C18H36IN5. The molecule has 2 aliphatic heterocycles. The summed E-state index contributed by atoms with van der Waals surface area (Å²) in [7, 11) is 2.25. The monoisotopic (exact) mass is 449 g/mol. The van der Waals surface area contributed by atoms with Crippen molar-refractivity contribution < 1.29 is 0 Å². The van der Waals surface area contributed by atoms with Crippen molar-refractivity contribution in [3.63, 3.8) is 0 Å². The number of rotatable bonds is 5. The van der Waals surface area contributed by atoms with Crippen molar-refractivity contribution >= 4 is 29.9 Å². The van der Waals surface area contributed by atoms with Gasteiger partial charge in [0, 0.05) is 18.1 Å². The summed E-state index contributed by atoms with van der Waals surface area (Å²) in [6, 6.07) is 0.663. The van der Waals surface area contributed by atoms with Crippen LogP contribution in [0.4, 0.5) is 0 Å². The first-order valence-corrected chi connectivity index (χ1v) is 9.70. The van der Waals surface area contributed by atoms with Gasteiger partial charge in [0.15, 0.2) is 5.96 Å². The van der Waals surface area contributed by atoms with Gasteiger partial charge in [-0.25, -0.2) is 0 Å². The second-order valence-corrected chi connectivity index (χ2v) is 7.69. The number of guanidine groups is 1. The molecule has 3 aliphatic rings. The maximum absolute atomic E-state index is 5.02. The molecule has 0 aromatic rings. The quantitative estimate of drug-likeness (QED) is 0.384. The normalized spacial score (nSPS) is 25.8. The molecule has 0 atom stereocenters. The van der Waals surface area contributed by atoms with Gasteiger partial charge in [-0.3, -0.25) is 9.89 Å². The van der Waals surface area contributed by atoms with E-state index < -0.39 is 0 Å². The number of hydrogen-bond acceptors (Lipinski definition) is 3. The summed E-state index contributed by atoms with van der Waals surface area (Å²) in [5.41, 5.74) is 0.291. The lowest BCUT2D eigenvalue weighted by Crippen LogP contribution is -2.58. The van der Waals surface area contributed by atoms with E-state index in [0.717, 1.165) is 19.0 Å². The van der Waals surface area contributed by atoms with Gasteiger partial charge in [-0.2, -0.15) is 0 Å². The summed E-state index contributed by atoms with van der Waals surface area (Å²) >= 11 is 0. The number of piperidine rings is 2. The largest absolute Gasteiger partial charge is 0.357 e. The molecule has 0 aromatic heterocycles. The zero-order valence-electron chi connectivity index (χ0n) is 15.5. The van der Waals surface area contributed by atoms with Crippen LogP contribution in [-0.4, -0.2) is 73.7 Å². The predicted molar refractivity (Wildman–Crippen MR) is 112 cm³/mol. The first-order chi connectivity index (χ1) is 11.2. The molecule has 3 fully saturated rings. The molecule has 2 saturated heterocycles. The summed E-state index contributed by atoms with van der Waals surface area (Å²) < 4.78 is 0. The van der Waals surface area contributed by atoms with E-state index in [1.165, 1.54) is 71.1 Å². The van der Waals surface area contributed by atoms with Crippen molar-refractivity contribution in [2.24, 2.45) is 4.99 Å². The summed E-state index contributed by atoms with van der Waals surface area (Å²) in [4.78, 5) is 10.3. The van der Waals surface area contributed by atoms with E-state index in [-0.39, 0.29) is 24.0 Å². The van der Waals surface area contributed by atoms with Gasteiger partial charge >= 0.3 is 0 Å². The minimum Gasteiger partial charge on any atom is -0.357 e. The second kappa shape index (κ2) is 9.57. The molecule has 5 nitrogen and oxygen atoms in total. The highest BCUT2D eigenvalue weighted by Crippen LogP contribution is 2.31. The molecule has 0 aromatic carbocycles. The predicted octanol–water partition coefficient (Wildman–Crippen LogP) is 2.27. The molecular weight excluding hydrogens is 413 g/mol. The molecule has 140 valence electrons. The molecule has 2 heterocycles. The van der Waals surface area contributed by atoms with E-state index in [9.17, 15) is 0 Å². The molecule has 1 aliphatic carbocycles. The van der Waals surface area contributed by atoms with Crippen LogP contribution in [-0.2, 0) is 0 Å². The second-order valence-electron chi connectivity index (χ2n) is 7.69. The molecule has 24 heavy (non-hydrogen) atoms. The van der Waals surface area contributed by atoms with Crippen LogP contribution in [0.1, 0.15) is 51.9 Å². The Balaban J connectivity index is 0.00000208. The minimum atomic E-state index is 0. The Morgan fingerprint density at radius 3 is 2.33 bits per heavy atom. The van der Waals surface area contributed by atoms with Crippen LogP contribution in [0.5, 0.6) is 0 Å². The lowest BCUT2D eigenvalue weighted by atomic mass is 9.84. The fourth-order valence-corrected chi connectivity index (χ4v) is 3.94. The van der Waals surface area contributed by atoms with E-state index in [1.807, 2.05) is 0 Å². The lowest BCUT2D eigenvalue weighted by molar-refractivity contribution is 0.0208. The van der Waals surface area contributed by atoms with Gasteiger partial charge in [-0.05, 0) is 78.7 Å². The molecule has 0 spiro atoms.